The van der Waals surface area contributed by atoms with Crippen molar-refractivity contribution in [3.8, 4) is 17.2 Å². The van der Waals surface area contributed by atoms with Gasteiger partial charge in [-0.1, -0.05) is 78.9 Å². The molecular weight excluding hydrogens is 452 g/mol. The quantitative estimate of drug-likeness (QED) is 0.312. The molecular formula is C31H20O5. The van der Waals surface area contributed by atoms with Gasteiger partial charge in [-0.15, -0.1) is 0 Å². The molecule has 0 fully saturated rings. The number of carbonyl (C=O) groups excluding carboxylic acids is 2. The molecule has 0 N–H and O–H groups in total. The fourth-order valence-corrected chi connectivity index (χ4v) is 4.32. The number of fused-ring (bicyclic) bond motifs is 2. The summed E-state index contributed by atoms with van der Waals surface area (Å²) >= 11 is 0. The zero-order chi connectivity index (χ0) is 24.5. The van der Waals surface area contributed by atoms with Crippen molar-refractivity contribution < 1.29 is 23.8 Å². The number of hydrogen-bond donors (Lipinski definition) is 0. The molecule has 2 aliphatic rings. The van der Waals surface area contributed by atoms with E-state index in [1.165, 1.54) is 0 Å². The maximum Gasteiger partial charge on any atom is 0.344 e. The van der Waals surface area contributed by atoms with Crippen molar-refractivity contribution in [3.63, 3.8) is 0 Å². The Morgan fingerprint density at radius 3 is 2.17 bits per heavy atom. The van der Waals surface area contributed by atoms with Crippen LogP contribution in [0.1, 0.15) is 16.7 Å². The molecule has 0 saturated carbocycles. The van der Waals surface area contributed by atoms with Gasteiger partial charge in [0.25, 0.3) is 0 Å². The maximum atomic E-state index is 12.7. The lowest BCUT2D eigenvalue weighted by molar-refractivity contribution is -0.128. The van der Waals surface area contributed by atoms with Crippen molar-refractivity contribution in [1.82, 2.24) is 0 Å². The van der Waals surface area contributed by atoms with Gasteiger partial charge in [-0.05, 0) is 47.0 Å². The molecule has 0 atom stereocenters. The fourth-order valence-electron chi connectivity index (χ4n) is 4.32. The second-order valence-corrected chi connectivity index (χ2v) is 8.46. The van der Waals surface area contributed by atoms with Gasteiger partial charge in [-0.3, -0.25) is 0 Å². The van der Waals surface area contributed by atoms with Crippen molar-refractivity contribution in [2.45, 2.75) is 6.61 Å². The Morgan fingerprint density at radius 2 is 1.36 bits per heavy atom. The van der Waals surface area contributed by atoms with Crippen molar-refractivity contribution in [1.29, 1.82) is 0 Å². The van der Waals surface area contributed by atoms with Crippen LogP contribution in [0.5, 0.6) is 17.2 Å². The first-order chi connectivity index (χ1) is 17.7. The molecule has 5 heteroatoms. The lowest BCUT2D eigenvalue weighted by Crippen LogP contribution is -2.10. The summed E-state index contributed by atoms with van der Waals surface area (Å²) in [4.78, 5) is 25.3. The fraction of sp³-hybridized carbons (Fsp3) is 0.0323. The van der Waals surface area contributed by atoms with E-state index >= 15 is 0 Å². The molecule has 0 aromatic heterocycles. The van der Waals surface area contributed by atoms with Crippen LogP contribution in [0.2, 0.25) is 0 Å². The summed E-state index contributed by atoms with van der Waals surface area (Å²) in [5.74, 6) is 0.682. The highest BCUT2D eigenvalue weighted by Crippen LogP contribution is 2.25. The lowest BCUT2D eigenvalue weighted by Gasteiger charge is -2.06. The second kappa shape index (κ2) is 9.04. The number of hydrogen-bond acceptors (Lipinski definition) is 5. The van der Waals surface area contributed by atoms with Gasteiger partial charge in [0.15, 0.2) is 0 Å². The molecule has 4 aromatic carbocycles. The third-order valence-electron chi connectivity index (χ3n) is 6.08. The molecule has 4 aromatic rings. The van der Waals surface area contributed by atoms with Crippen LogP contribution in [-0.2, 0) is 16.2 Å². The average molecular weight is 472 g/mol. The van der Waals surface area contributed by atoms with E-state index in [4.69, 9.17) is 14.2 Å². The van der Waals surface area contributed by atoms with Crippen molar-refractivity contribution in [2.75, 3.05) is 0 Å². The van der Waals surface area contributed by atoms with Crippen LogP contribution < -0.4 is 24.6 Å². The highest BCUT2D eigenvalue weighted by atomic mass is 16.5. The zero-order valence-corrected chi connectivity index (χ0v) is 19.1. The maximum absolute atomic E-state index is 12.7. The van der Waals surface area contributed by atoms with Crippen LogP contribution in [0.15, 0.2) is 103 Å². The van der Waals surface area contributed by atoms with Crippen LogP contribution in [0.25, 0.3) is 17.2 Å². The van der Waals surface area contributed by atoms with Gasteiger partial charge in [0.2, 0.25) is 0 Å². The van der Waals surface area contributed by atoms with Crippen LogP contribution in [-0.4, -0.2) is 11.9 Å². The predicted molar refractivity (Wildman–Crippen MR) is 136 cm³/mol. The standard InChI is InChI=1S/C31H20O5/c32-30-24(15-14-20-10-7-13-23(16-20)34-19-21-8-3-1-4-9-21)25-17-28-26(18-27(25)35-30)29(31(33)36-28)22-11-5-2-6-12-22/h1-18H,19H2. The molecule has 0 aliphatic carbocycles. The highest BCUT2D eigenvalue weighted by molar-refractivity contribution is 6.20. The summed E-state index contributed by atoms with van der Waals surface area (Å²) in [6.07, 6.45) is 3.55. The van der Waals surface area contributed by atoms with Crippen molar-refractivity contribution >= 4 is 29.2 Å². The average Bonchev–Trinajstić information content (AvgIpc) is 3.39. The lowest BCUT2D eigenvalue weighted by atomic mass is 10.0. The first kappa shape index (κ1) is 21.6. The molecule has 0 amide bonds. The Labute approximate surface area is 207 Å². The number of ether oxygens (including phenoxy) is 3. The zero-order valence-electron chi connectivity index (χ0n) is 19.1. The van der Waals surface area contributed by atoms with Crippen molar-refractivity contribution in [2.24, 2.45) is 0 Å². The van der Waals surface area contributed by atoms with Crippen LogP contribution >= 0.6 is 0 Å². The summed E-state index contributed by atoms with van der Waals surface area (Å²) in [5.41, 5.74) is 3.57. The number of rotatable bonds is 6. The summed E-state index contributed by atoms with van der Waals surface area (Å²) in [6, 6.07) is 30.3. The van der Waals surface area contributed by atoms with Gasteiger partial charge in [0.05, 0.1) is 11.1 Å². The minimum absolute atomic E-state index is 0.396. The van der Waals surface area contributed by atoms with E-state index < -0.39 is 11.9 Å². The van der Waals surface area contributed by atoms with Gasteiger partial charge < -0.3 is 14.2 Å². The minimum Gasteiger partial charge on any atom is -0.489 e. The summed E-state index contributed by atoms with van der Waals surface area (Å²) < 4.78 is 17.0. The monoisotopic (exact) mass is 472 g/mol. The largest absolute Gasteiger partial charge is 0.489 e. The van der Waals surface area contributed by atoms with Crippen molar-refractivity contribution in [3.05, 3.63) is 130 Å². The van der Waals surface area contributed by atoms with Crippen LogP contribution in [0.4, 0.5) is 0 Å². The first-order valence-electron chi connectivity index (χ1n) is 11.5. The van der Waals surface area contributed by atoms with Gasteiger partial charge in [-0.2, -0.15) is 0 Å². The van der Waals surface area contributed by atoms with E-state index in [-0.39, 0.29) is 0 Å². The van der Waals surface area contributed by atoms with Crippen LogP contribution in [0.3, 0.4) is 0 Å². The molecule has 2 heterocycles. The highest BCUT2D eigenvalue weighted by Gasteiger charge is 2.29. The molecule has 0 unspecified atom stereocenters. The number of esters is 2. The Morgan fingerprint density at radius 1 is 0.667 bits per heavy atom. The van der Waals surface area contributed by atoms with Gasteiger partial charge >= 0.3 is 11.9 Å². The second-order valence-electron chi connectivity index (χ2n) is 8.46. The Hall–Kier alpha value is -4.90. The third kappa shape index (κ3) is 4.07. The van der Waals surface area contributed by atoms with Gasteiger partial charge in [0.1, 0.15) is 23.9 Å². The molecule has 0 saturated heterocycles. The number of benzene rings is 4. The number of carbonyl (C=O) groups is 2. The van der Waals surface area contributed by atoms with E-state index in [0.29, 0.717) is 39.7 Å². The molecule has 5 nitrogen and oxygen atoms in total. The Kier molecular flexibility index (Phi) is 5.43. The Balaban J connectivity index is 1.32. The molecule has 2 aliphatic heterocycles. The molecule has 174 valence electrons. The normalized spacial score (nSPS) is 14.0. The van der Waals surface area contributed by atoms with Gasteiger partial charge in [0, 0.05) is 10.4 Å². The Bertz CT molecular complexity index is 1650. The topological polar surface area (TPSA) is 61.8 Å². The third-order valence-corrected chi connectivity index (χ3v) is 6.08. The molecule has 0 bridgehead atoms. The SMILES string of the molecule is O=C1Oc2cc3c(cc2=C1C=Cc1cccc(OCc2ccccc2)c1)OC(=O)C=3c1ccccc1. The molecule has 36 heavy (non-hydrogen) atoms. The summed E-state index contributed by atoms with van der Waals surface area (Å²) in [6.45, 7) is 0.469. The van der Waals surface area contributed by atoms with E-state index in [0.717, 1.165) is 22.4 Å². The van der Waals surface area contributed by atoms with Gasteiger partial charge in [-0.25, -0.2) is 9.59 Å². The van der Waals surface area contributed by atoms with E-state index in [1.54, 1.807) is 18.2 Å². The smallest absolute Gasteiger partial charge is 0.344 e. The van der Waals surface area contributed by atoms with E-state index in [9.17, 15) is 9.59 Å². The summed E-state index contributed by atoms with van der Waals surface area (Å²) in [5, 5.41) is 1.21. The molecule has 6 rings (SSSR count). The van der Waals surface area contributed by atoms with Crippen LogP contribution in [0, 0.1) is 0 Å². The summed E-state index contributed by atoms with van der Waals surface area (Å²) in [7, 11) is 0. The molecule has 0 radical (unpaired) electrons. The molecule has 0 spiro atoms. The van der Waals surface area contributed by atoms with E-state index in [1.807, 2.05) is 91.0 Å². The minimum atomic E-state index is -0.450. The predicted octanol–water partition coefficient (Wildman–Crippen LogP) is 4.17. The first-order valence-corrected chi connectivity index (χ1v) is 11.5. The van der Waals surface area contributed by atoms with E-state index in [2.05, 4.69) is 0 Å².